The summed E-state index contributed by atoms with van der Waals surface area (Å²) in [6, 6.07) is 9.50. The number of nitrogens with one attached hydrogen (secondary N) is 1. The van der Waals surface area contributed by atoms with Crippen LogP contribution >= 0.6 is 0 Å². The van der Waals surface area contributed by atoms with Crippen LogP contribution in [0.5, 0.6) is 0 Å². The van der Waals surface area contributed by atoms with Crippen molar-refractivity contribution in [3.63, 3.8) is 0 Å². The number of para-hydroxylation sites is 1. The van der Waals surface area contributed by atoms with Crippen LogP contribution in [-0.2, 0) is 4.79 Å². The van der Waals surface area contributed by atoms with E-state index in [1.807, 2.05) is 41.5 Å². The highest BCUT2D eigenvalue weighted by atomic mass is 16.1. The van der Waals surface area contributed by atoms with Crippen LogP contribution in [0.15, 0.2) is 24.3 Å². The maximum absolute atomic E-state index is 12.1. The van der Waals surface area contributed by atoms with E-state index < -0.39 is 0 Å². The number of ketones is 1. The Balaban J connectivity index is 0.000000515. The number of Topliss-reactive ketones (excluding diaryl/α,β-unsaturated/α-hetero) is 1. The smallest absolute Gasteiger partial charge is 0.134 e. The molecule has 1 aromatic rings. The third-order valence-corrected chi connectivity index (χ3v) is 5.53. The molecule has 2 saturated heterocycles. The molecule has 3 heterocycles. The zero-order chi connectivity index (χ0) is 19.7. The quantitative estimate of drug-likeness (QED) is 0.695. The second kappa shape index (κ2) is 11.4. The molecule has 0 aliphatic carbocycles. The van der Waals surface area contributed by atoms with Crippen molar-refractivity contribution < 1.29 is 4.79 Å². The van der Waals surface area contributed by atoms with Gasteiger partial charge in [-0.3, -0.25) is 9.69 Å². The summed E-state index contributed by atoms with van der Waals surface area (Å²) < 4.78 is 0. The number of carbonyl (C=O) groups is 1. The summed E-state index contributed by atoms with van der Waals surface area (Å²) in [7, 11) is 0. The number of hydrogen-bond acceptors (Lipinski definition) is 3. The van der Waals surface area contributed by atoms with Crippen LogP contribution in [0.1, 0.15) is 79.2 Å². The SMILES string of the molecule is CC.CC.CC.CC(=O)C1CCCN2CCC3c4ccccc4NC3C12. The average Bonchev–Trinajstić information content (AvgIpc) is 3.11. The first-order valence-corrected chi connectivity index (χ1v) is 10.9. The molecular weight excluding hydrogens is 320 g/mol. The third kappa shape index (κ3) is 4.49. The lowest BCUT2D eigenvalue weighted by atomic mass is 9.74. The highest BCUT2D eigenvalue weighted by Gasteiger charge is 2.48. The van der Waals surface area contributed by atoms with Gasteiger partial charge < -0.3 is 5.32 Å². The van der Waals surface area contributed by atoms with Gasteiger partial charge in [-0.25, -0.2) is 0 Å². The van der Waals surface area contributed by atoms with Crippen LogP contribution in [0.4, 0.5) is 5.69 Å². The summed E-state index contributed by atoms with van der Waals surface area (Å²) >= 11 is 0. The molecule has 4 unspecified atom stereocenters. The Hall–Kier alpha value is -1.35. The summed E-state index contributed by atoms with van der Waals surface area (Å²) in [5, 5.41) is 3.73. The molecular formula is C23H40N2O. The Morgan fingerprint density at radius 3 is 2.31 bits per heavy atom. The molecule has 0 saturated carbocycles. The highest BCUT2D eigenvalue weighted by molar-refractivity contribution is 5.79. The van der Waals surface area contributed by atoms with Crippen molar-refractivity contribution in [2.75, 3.05) is 18.4 Å². The Morgan fingerprint density at radius 1 is 1.00 bits per heavy atom. The number of benzene rings is 1. The van der Waals surface area contributed by atoms with Crippen LogP contribution in [0.3, 0.4) is 0 Å². The van der Waals surface area contributed by atoms with Gasteiger partial charge in [-0.15, -0.1) is 0 Å². The molecule has 4 atom stereocenters. The molecule has 3 nitrogen and oxygen atoms in total. The number of anilines is 1. The second-order valence-electron chi connectivity index (χ2n) is 6.54. The topological polar surface area (TPSA) is 32.3 Å². The molecule has 3 aliphatic heterocycles. The predicted octanol–water partition coefficient (Wildman–Crippen LogP) is 5.72. The van der Waals surface area contributed by atoms with Crippen LogP contribution in [0, 0.1) is 5.92 Å². The van der Waals surface area contributed by atoms with E-state index in [4.69, 9.17) is 0 Å². The molecule has 0 spiro atoms. The molecule has 3 heteroatoms. The predicted molar refractivity (Wildman–Crippen MR) is 114 cm³/mol. The normalized spacial score (nSPS) is 28.1. The van der Waals surface area contributed by atoms with Gasteiger partial charge in [0.05, 0.1) is 0 Å². The number of hydrogen-bond donors (Lipinski definition) is 1. The standard InChI is InChI=1S/C17H22N2O.3C2H6/c1-11(20)12-6-4-9-19-10-8-14-13-5-2-3-7-15(13)18-16(14)17(12)19;3*1-2/h2-3,5,7,12,14,16-18H,4,6,8-10H2,1H3;3*1-2H3. The van der Waals surface area contributed by atoms with Crippen molar-refractivity contribution in [2.24, 2.45) is 5.92 Å². The van der Waals surface area contributed by atoms with Crippen molar-refractivity contribution in [2.45, 2.75) is 85.7 Å². The number of rotatable bonds is 1. The van der Waals surface area contributed by atoms with Gasteiger partial charge in [-0.1, -0.05) is 59.7 Å². The Morgan fingerprint density at radius 2 is 1.65 bits per heavy atom. The molecule has 3 aliphatic rings. The minimum atomic E-state index is 0.221. The van der Waals surface area contributed by atoms with Gasteiger partial charge in [0, 0.05) is 29.6 Å². The number of nitrogens with zero attached hydrogens (tertiary/aromatic N) is 1. The van der Waals surface area contributed by atoms with E-state index in [-0.39, 0.29) is 5.92 Å². The van der Waals surface area contributed by atoms with Gasteiger partial charge in [-0.2, -0.15) is 0 Å². The minimum absolute atomic E-state index is 0.221. The van der Waals surface area contributed by atoms with Crippen molar-refractivity contribution in [1.29, 1.82) is 0 Å². The van der Waals surface area contributed by atoms with Gasteiger partial charge >= 0.3 is 0 Å². The van der Waals surface area contributed by atoms with E-state index in [0.717, 1.165) is 19.5 Å². The van der Waals surface area contributed by atoms with E-state index in [1.165, 1.54) is 24.1 Å². The molecule has 2 fully saturated rings. The zero-order valence-corrected chi connectivity index (χ0v) is 18.0. The Bertz CT molecular complexity index is 543. The lowest BCUT2D eigenvalue weighted by molar-refractivity contribution is -0.125. The van der Waals surface area contributed by atoms with E-state index in [2.05, 4.69) is 34.5 Å². The molecule has 26 heavy (non-hydrogen) atoms. The van der Waals surface area contributed by atoms with Crippen molar-refractivity contribution >= 4 is 11.5 Å². The van der Waals surface area contributed by atoms with Gasteiger partial charge in [0.2, 0.25) is 0 Å². The maximum atomic E-state index is 12.1. The molecule has 1 N–H and O–H groups in total. The third-order valence-electron chi connectivity index (χ3n) is 5.53. The maximum Gasteiger partial charge on any atom is 0.134 e. The summed E-state index contributed by atoms with van der Waals surface area (Å²) in [6.07, 6.45) is 3.46. The van der Waals surface area contributed by atoms with E-state index in [0.29, 0.717) is 23.8 Å². The summed E-state index contributed by atoms with van der Waals surface area (Å²) in [5.74, 6) is 1.18. The zero-order valence-electron chi connectivity index (χ0n) is 18.0. The molecule has 148 valence electrons. The van der Waals surface area contributed by atoms with Crippen molar-refractivity contribution in [3.8, 4) is 0 Å². The Labute approximate surface area is 161 Å². The average molecular weight is 361 g/mol. The molecule has 0 aromatic heterocycles. The van der Waals surface area contributed by atoms with Gasteiger partial charge in [0.15, 0.2) is 0 Å². The summed E-state index contributed by atoms with van der Waals surface area (Å²) in [4.78, 5) is 14.6. The van der Waals surface area contributed by atoms with Crippen LogP contribution in [0.25, 0.3) is 0 Å². The number of piperidine rings is 2. The number of carbonyl (C=O) groups excluding carboxylic acids is 1. The minimum Gasteiger partial charge on any atom is -0.380 e. The molecule has 0 bridgehead atoms. The van der Waals surface area contributed by atoms with Gasteiger partial charge in [-0.05, 0) is 50.9 Å². The lowest BCUT2D eigenvalue weighted by Gasteiger charge is -2.49. The second-order valence-corrected chi connectivity index (χ2v) is 6.54. The van der Waals surface area contributed by atoms with Crippen LogP contribution in [0.2, 0.25) is 0 Å². The van der Waals surface area contributed by atoms with Crippen molar-refractivity contribution in [3.05, 3.63) is 29.8 Å². The Kier molecular flexibility index (Phi) is 9.93. The monoisotopic (exact) mass is 360 g/mol. The van der Waals surface area contributed by atoms with E-state index in [1.54, 1.807) is 6.92 Å². The fraction of sp³-hybridized carbons (Fsp3) is 0.696. The van der Waals surface area contributed by atoms with Crippen LogP contribution < -0.4 is 5.32 Å². The fourth-order valence-electron chi connectivity index (χ4n) is 4.66. The highest BCUT2D eigenvalue weighted by Crippen LogP contribution is 2.46. The summed E-state index contributed by atoms with van der Waals surface area (Å²) in [6.45, 7) is 16.1. The van der Waals surface area contributed by atoms with Crippen molar-refractivity contribution in [1.82, 2.24) is 4.90 Å². The lowest BCUT2D eigenvalue weighted by Crippen LogP contribution is -2.59. The van der Waals surface area contributed by atoms with Crippen LogP contribution in [-0.4, -0.2) is 35.9 Å². The molecule has 0 amide bonds. The summed E-state index contributed by atoms with van der Waals surface area (Å²) in [5.41, 5.74) is 2.75. The molecule has 0 radical (unpaired) electrons. The molecule has 1 aromatic carbocycles. The first-order chi connectivity index (χ1) is 12.8. The largest absolute Gasteiger partial charge is 0.380 e. The first-order valence-electron chi connectivity index (χ1n) is 10.9. The first kappa shape index (κ1) is 22.7. The van der Waals surface area contributed by atoms with Gasteiger partial charge in [0.1, 0.15) is 5.78 Å². The fourth-order valence-corrected chi connectivity index (χ4v) is 4.66. The number of fused-ring (bicyclic) bond motifs is 5. The van der Waals surface area contributed by atoms with E-state index in [9.17, 15) is 4.79 Å². The molecule has 4 rings (SSSR count). The van der Waals surface area contributed by atoms with Gasteiger partial charge in [0.25, 0.3) is 0 Å². The van der Waals surface area contributed by atoms with E-state index >= 15 is 0 Å².